The summed E-state index contributed by atoms with van der Waals surface area (Å²) < 4.78 is 15.2. The van der Waals surface area contributed by atoms with Crippen LogP contribution in [0.3, 0.4) is 0 Å². The molecule has 0 unspecified atom stereocenters. The molecule has 10 nitrogen and oxygen atoms in total. The summed E-state index contributed by atoms with van der Waals surface area (Å²) in [5, 5.41) is 15.9. The average molecular weight is 415 g/mol. The van der Waals surface area contributed by atoms with Gasteiger partial charge in [-0.2, -0.15) is 5.21 Å². The number of nitrogens with zero attached hydrogens (tertiary/aromatic N) is 5. The monoisotopic (exact) mass is 415 g/mol. The normalized spacial score (nSPS) is 11.1. The van der Waals surface area contributed by atoms with Crippen LogP contribution in [0.4, 0.5) is 4.39 Å². The molecular weight excluding hydrogens is 401 g/mol. The molecule has 1 aromatic carbocycles. The number of tetrazole rings is 1. The van der Waals surface area contributed by atoms with E-state index in [1.807, 2.05) is 0 Å². The van der Waals surface area contributed by atoms with Gasteiger partial charge in [0.05, 0.1) is 6.54 Å². The number of carbonyl (C=O) groups is 1. The quantitative estimate of drug-likeness (QED) is 0.488. The Balaban J connectivity index is 1.64. The van der Waals surface area contributed by atoms with Gasteiger partial charge < -0.3 is 5.32 Å². The zero-order valence-corrected chi connectivity index (χ0v) is 15.9. The van der Waals surface area contributed by atoms with Crippen LogP contribution in [0.25, 0.3) is 4.83 Å². The molecule has 0 bridgehead atoms. The first kappa shape index (κ1) is 18.7. The van der Waals surface area contributed by atoms with Gasteiger partial charge in [0.25, 0.3) is 11.5 Å². The molecule has 4 aromatic rings. The van der Waals surface area contributed by atoms with Gasteiger partial charge in [0.1, 0.15) is 15.5 Å². The number of rotatable bonds is 5. The second-order valence-electron chi connectivity index (χ2n) is 6.21. The highest BCUT2D eigenvalue weighted by atomic mass is 32.1. The predicted octanol–water partition coefficient (Wildman–Crippen LogP) is 0.462. The molecule has 0 saturated heterocycles. The van der Waals surface area contributed by atoms with Gasteiger partial charge in [0.15, 0.2) is 5.82 Å². The van der Waals surface area contributed by atoms with Crippen LogP contribution in [0.15, 0.2) is 40.1 Å². The number of hydrogen-bond donors (Lipinski definition) is 2. The molecule has 0 aliphatic heterocycles. The number of thiazole rings is 1. The molecule has 12 heteroatoms. The van der Waals surface area contributed by atoms with Crippen molar-refractivity contribution in [3.05, 3.63) is 78.9 Å². The van der Waals surface area contributed by atoms with Crippen LogP contribution in [0.2, 0.25) is 0 Å². The maximum absolute atomic E-state index is 13.0. The van der Waals surface area contributed by atoms with Gasteiger partial charge in [-0.1, -0.05) is 17.3 Å². The second-order valence-corrected chi connectivity index (χ2v) is 7.24. The molecule has 0 fully saturated rings. The molecule has 0 spiro atoms. The molecule has 29 heavy (non-hydrogen) atoms. The maximum Gasteiger partial charge on any atom is 0.336 e. The fraction of sp³-hybridized carbons (Fsp3) is 0.176. The van der Waals surface area contributed by atoms with Gasteiger partial charge in [-0.3, -0.25) is 18.6 Å². The summed E-state index contributed by atoms with van der Waals surface area (Å²) in [5.74, 6) is -0.572. The number of hydrogen-bond acceptors (Lipinski definition) is 7. The summed E-state index contributed by atoms with van der Waals surface area (Å²) in [5.41, 5.74) is -0.0289. The molecular formula is C17H14FN7O3S. The van der Waals surface area contributed by atoms with Crippen LogP contribution in [0.1, 0.15) is 26.6 Å². The Bertz CT molecular complexity index is 1310. The second kappa shape index (κ2) is 7.39. The zero-order chi connectivity index (χ0) is 20.5. The molecule has 0 aliphatic carbocycles. The van der Waals surface area contributed by atoms with Crippen LogP contribution in [-0.4, -0.2) is 35.5 Å². The van der Waals surface area contributed by atoms with Crippen molar-refractivity contribution in [1.82, 2.24) is 34.9 Å². The molecule has 148 valence electrons. The maximum atomic E-state index is 13.0. The Kier molecular flexibility index (Phi) is 4.76. The number of aromatic amines is 1. The van der Waals surface area contributed by atoms with Crippen molar-refractivity contribution in [3.8, 4) is 0 Å². The molecule has 3 heterocycles. The lowest BCUT2D eigenvalue weighted by Crippen LogP contribution is -2.38. The summed E-state index contributed by atoms with van der Waals surface area (Å²) in [6.45, 7) is 1.65. The fourth-order valence-corrected chi connectivity index (χ4v) is 3.77. The topological polar surface area (TPSA) is 127 Å². The molecule has 2 N–H and O–H groups in total. The van der Waals surface area contributed by atoms with E-state index in [0.29, 0.717) is 10.4 Å². The molecule has 1 amide bonds. The number of halogens is 1. The van der Waals surface area contributed by atoms with Gasteiger partial charge in [-0.15, -0.1) is 21.5 Å². The van der Waals surface area contributed by atoms with Crippen LogP contribution >= 0.6 is 11.3 Å². The zero-order valence-electron chi connectivity index (χ0n) is 15.0. The molecule has 3 aromatic heterocycles. The molecule has 0 saturated carbocycles. The van der Waals surface area contributed by atoms with E-state index in [9.17, 15) is 18.8 Å². The first-order valence-electron chi connectivity index (χ1n) is 8.44. The number of aromatic nitrogens is 6. The molecule has 0 atom stereocenters. The van der Waals surface area contributed by atoms with E-state index in [1.54, 1.807) is 19.1 Å². The minimum Gasteiger partial charge on any atom is -0.347 e. The van der Waals surface area contributed by atoms with Gasteiger partial charge >= 0.3 is 5.69 Å². The summed E-state index contributed by atoms with van der Waals surface area (Å²) in [7, 11) is 0. The van der Waals surface area contributed by atoms with Crippen molar-refractivity contribution in [2.45, 2.75) is 20.0 Å². The predicted molar refractivity (Wildman–Crippen MR) is 101 cm³/mol. The third kappa shape index (κ3) is 3.57. The standard InChI is InChI=1S/C17H14FN7O3S/c1-9-15(27)24(8-13-20-22-23-21-13)17(28)25-7-12(29-16(9)25)14(26)19-6-10-2-4-11(18)5-3-10/h2-5,7H,6,8H2,1H3,(H,19,26)(H,20,21,22,23). The third-order valence-electron chi connectivity index (χ3n) is 4.27. The van der Waals surface area contributed by atoms with Crippen LogP contribution in [-0.2, 0) is 13.1 Å². The van der Waals surface area contributed by atoms with E-state index in [2.05, 4.69) is 25.9 Å². The average Bonchev–Trinajstić information content (AvgIpc) is 3.39. The molecule has 4 rings (SSSR count). The van der Waals surface area contributed by atoms with E-state index in [4.69, 9.17) is 0 Å². The van der Waals surface area contributed by atoms with Crippen molar-refractivity contribution in [1.29, 1.82) is 0 Å². The van der Waals surface area contributed by atoms with E-state index >= 15 is 0 Å². The van der Waals surface area contributed by atoms with Crippen molar-refractivity contribution >= 4 is 22.1 Å². The summed E-state index contributed by atoms with van der Waals surface area (Å²) in [6, 6.07) is 5.75. The lowest BCUT2D eigenvalue weighted by atomic mass is 10.2. The number of nitrogens with one attached hydrogen (secondary N) is 2. The number of carbonyl (C=O) groups excluding carboxylic acids is 1. The molecule has 0 radical (unpaired) electrons. The Morgan fingerprint density at radius 3 is 2.72 bits per heavy atom. The van der Waals surface area contributed by atoms with Gasteiger partial charge in [0.2, 0.25) is 0 Å². The van der Waals surface area contributed by atoms with Crippen molar-refractivity contribution < 1.29 is 9.18 Å². The Labute approximate surface area is 165 Å². The van der Waals surface area contributed by atoms with E-state index < -0.39 is 17.2 Å². The van der Waals surface area contributed by atoms with E-state index in [0.717, 1.165) is 21.5 Å². The van der Waals surface area contributed by atoms with E-state index in [1.165, 1.54) is 22.7 Å². The summed E-state index contributed by atoms with van der Waals surface area (Å²) >= 11 is 1.04. The van der Waals surface area contributed by atoms with Gasteiger partial charge in [0, 0.05) is 18.3 Å². The highest BCUT2D eigenvalue weighted by molar-refractivity contribution is 7.19. The highest BCUT2D eigenvalue weighted by Crippen LogP contribution is 2.18. The number of amides is 1. The fourth-order valence-electron chi connectivity index (χ4n) is 2.77. The lowest BCUT2D eigenvalue weighted by molar-refractivity contribution is 0.0954. The summed E-state index contributed by atoms with van der Waals surface area (Å²) in [6.07, 6.45) is 1.39. The van der Waals surface area contributed by atoms with Gasteiger partial charge in [-0.05, 0) is 24.6 Å². The van der Waals surface area contributed by atoms with Gasteiger partial charge in [-0.25, -0.2) is 9.18 Å². The SMILES string of the molecule is Cc1c(=O)n(Cc2nn[nH]n2)c(=O)n2cc(C(=O)NCc3ccc(F)cc3)sc12. The van der Waals surface area contributed by atoms with Crippen LogP contribution in [0, 0.1) is 12.7 Å². The number of aryl methyl sites for hydroxylation is 1. The number of benzene rings is 1. The lowest BCUT2D eigenvalue weighted by Gasteiger charge is -2.04. The van der Waals surface area contributed by atoms with E-state index in [-0.39, 0.29) is 29.6 Å². The first-order valence-corrected chi connectivity index (χ1v) is 9.26. The smallest absolute Gasteiger partial charge is 0.336 e. The minimum atomic E-state index is -0.603. The molecule has 0 aliphatic rings. The summed E-state index contributed by atoms with van der Waals surface area (Å²) in [4.78, 5) is 38.5. The van der Waals surface area contributed by atoms with Crippen molar-refractivity contribution in [3.63, 3.8) is 0 Å². The number of fused-ring (bicyclic) bond motifs is 1. The minimum absolute atomic E-state index is 0.139. The number of H-pyrrole nitrogens is 1. The Morgan fingerprint density at radius 1 is 1.28 bits per heavy atom. The Morgan fingerprint density at radius 2 is 2.03 bits per heavy atom. The highest BCUT2D eigenvalue weighted by Gasteiger charge is 2.18. The largest absolute Gasteiger partial charge is 0.347 e. The van der Waals surface area contributed by atoms with Crippen LogP contribution in [0.5, 0.6) is 0 Å². The van der Waals surface area contributed by atoms with Crippen LogP contribution < -0.4 is 16.6 Å². The van der Waals surface area contributed by atoms with Crippen molar-refractivity contribution in [2.24, 2.45) is 0 Å². The Hall–Kier alpha value is -3.67. The van der Waals surface area contributed by atoms with Crippen molar-refractivity contribution in [2.75, 3.05) is 0 Å². The first-order chi connectivity index (χ1) is 13.9. The third-order valence-corrected chi connectivity index (χ3v) is 5.48.